The molecule has 1 N–H and O–H groups in total. The highest BCUT2D eigenvalue weighted by Gasteiger charge is 2.33. The fraction of sp³-hybridized carbons (Fsp3) is 0.391. The fourth-order valence-electron chi connectivity index (χ4n) is 4.03. The third-order valence-electron chi connectivity index (χ3n) is 5.75. The highest BCUT2D eigenvalue weighted by Crippen LogP contribution is 2.30. The first-order valence-electron chi connectivity index (χ1n) is 10.2. The van der Waals surface area contributed by atoms with Crippen LogP contribution in [0.4, 0.5) is 11.4 Å². The van der Waals surface area contributed by atoms with Gasteiger partial charge in [0, 0.05) is 13.1 Å². The van der Waals surface area contributed by atoms with E-state index >= 15 is 0 Å². The van der Waals surface area contributed by atoms with Crippen LogP contribution in [0, 0.1) is 0 Å². The highest BCUT2D eigenvalue weighted by atomic mass is 16.5. The van der Waals surface area contributed by atoms with Crippen LogP contribution in [-0.2, 0) is 20.9 Å². The summed E-state index contributed by atoms with van der Waals surface area (Å²) in [6.07, 6.45) is 2.03. The number of piperidine rings is 1. The van der Waals surface area contributed by atoms with Gasteiger partial charge in [0.25, 0.3) is 0 Å². The predicted molar refractivity (Wildman–Crippen MR) is 113 cm³/mol. The quantitative estimate of drug-likeness (QED) is 0.848. The molecule has 6 heteroatoms. The van der Waals surface area contributed by atoms with Crippen molar-refractivity contribution in [3.8, 4) is 0 Å². The van der Waals surface area contributed by atoms with E-state index in [9.17, 15) is 9.59 Å². The minimum Gasteiger partial charge on any atom is -0.373 e. The molecule has 2 aliphatic heterocycles. The van der Waals surface area contributed by atoms with Crippen molar-refractivity contribution >= 4 is 23.2 Å². The molecule has 2 amide bonds. The molecule has 2 aromatic carbocycles. The van der Waals surface area contributed by atoms with Gasteiger partial charge in [-0.15, -0.1) is 0 Å². The maximum Gasteiger partial charge on any atom is 0.244 e. The summed E-state index contributed by atoms with van der Waals surface area (Å²) in [6.45, 7) is 4.25. The first-order chi connectivity index (χ1) is 14.1. The first-order valence-corrected chi connectivity index (χ1v) is 10.2. The van der Waals surface area contributed by atoms with Crippen LogP contribution < -0.4 is 10.2 Å². The summed E-state index contributed by atoms with van der Waals surface area (Å²) in [5.74, 6) is -0.187. The molecular weight excluding hydrogens is 366 g/mol. The number of fused-ring (bicyclic) bond motifs is 1. The van der Waals surface area contributed by atoms with Crippen molar-refractivity contribution in [1.82, 2.24) is 4.90 Å². The monoisotopic (exact) mass is 393 g/mol. The first kappa shape index (κ1) is 19.6. The van der Waals surface area contributed by atoms with Crippen LogP contribution in [0.15, 0.2) is 54.6 Å². The van der Waals surface area contributed by atoms with Crippen LogP contribution in [0.5, 0.6) is 0 Å². The van der Waals surface area contributed by atoms with Crippen LogP contribution in [0.25, 0.3) is 0 Å². The number of hydrogen-bond donors (Lipinski definition) is 1. The summed E-state index contributed by atoms with van der Waals surface area (Å²) in [5.41, 5.74) is 2.64. The number of ether oxygens (including phenoxy) is 1. The van der Waals surface area contributed by atoms with E-state index in [4.69, 9.17) is 4.74 Å². The molecular formula is C23H27N3O3. The summed E-state index contributed by atoms with van der Waals surface area (Å²) in [6, 6.07) is 17.4. The summed E-state index contributed by atoms with van der Waals surface area (Å²) in [7, 11) is 0. The van der Waals surface area contributed by atoms with Crippen molar-refractivity contribution in [3.05, 3.63) is 60.2 Å². The van der Waals surface area contributed by atoms with Crippen molar-refractivity contribution < 1.29 is 14.3 Å². The number of amides is 2. The Morgan fingerprint density at radius 3 is 2.55 bits per heavy atom. The molecule has 1 unspecified atom stereocenters. The van der Waals surface area contributed by atoms with Gasteiger partial charge in [-0.1, -0.05) is 42.5 Å². The lowest BCUT2D eigenvalue weighted by Crippen LogP contribution is -2.53. The van der Waals surface area contributed by atoms with Gasteiger partial charge in [0.2, 0.25) is 11.8 Å². The van der Waals surface area contributed by atoms with Gasteiger partial charge in [0.15, 0.2) is 0 Å². The number of nitrogens with zero attached hydrogens (tertiary/aromatic N) is 2. The fourth-order valence-corrected chi connectivity index (χ4v) is 4.03. The summed E-state index contributed by atoms with van der Waals surface area (Å²) in [5, 5.41) is 2.83. The third kappa shape index (κ3) is 4.49. The number of rotatable bonds is 5. The second kappa shape index (κ2) is 8.76. The second-order valence-electron chi connectivity index (χ2n) is 7.70. The zero-order chi connectivity index (χ0) is 20.2. The molecule has 0 bridgehead atoms. The van der Waals surface area contributed by atoms with E-state index in [2.05, 4.69) is 22.3 Å². The highest BCUT2D eigenvalue weighted by molar-refractivity contribution is 6.11. The number of anilines is 2. The number of nitrogens with one attached hydrogen (secondary N) is 1. The Balaban J connectivity index is 1.33. The van der Waals surface area contributed by atoms with Crippen LogP contribution in [-0.4, -0.2) is 48.5 Å². The number of carbonyl (C=O) groups is 2. The summed E-state index contributed by atoms with van der Waals surface area (Å²) in [4.78, 5) is 29.0. The van der Waals surface area contributed by atoms with Crippen LogP contribution >= 0.6 is 0 Å². The van der Waals surface area contributed by atoms with Crippen molar-refractivity contribution in [2.24, 2.45) is 0 Å². The Hall–Kier alpha value is -2.70. The van der Waals surface area contributed by atoms with Gasteiger partial charge in [0.1, 0.15) is 6.54 Å². The molecule has 2 aliphatic rings. The van der Waals surface area contributed by atoms with Gasteiger partial charge in [-0.3, -0.25) is 19.4 Å². The minimum atomic E-state index is -0.274. The van der Waals surface area contributed by atoms with Gasteiger partial charge >= 0.3 is 0 Å². The zero-order valence-corrected chi connectivity index (χ0v) is 16.7. The van der Waals surface area contributed by atoms with Crippen LogP contribution in [0.1, 0.15) is 25.3 Å². The van der Waals surface area contributed by atoms with Crippen molar-refractivity contribution in [3.63, 3.8) is 0 Å². The van der Waals surface area contributed by atoms with Crippen molar-refractivity contribution in [1.29, 1.82) is 0 Å². The zero-order valence-electron chi connectivity index (χ0n) is 16.7. The molecule has 1 atom stereocenters. The average molecular weight is 393 g/mol. The Morgan fingerprint density at radius 1 is 1.10 bits per heavy atom. The number of para-hydroxylation sites is 2. The number of hydrogen-bond acceptors (Lipinski definition) is 4. The van der Waals surface area contributed by atoms with Gasteiger partial charge in [-0.05, 0) is 37.5 Å². The Labute approximate surface area is 171 Å². The molecule has 0 aromatic heterocycles. The van der Waals surface area contributed by atoms with E-state index in [0.717, 1.165) is 31.6 Å². The minimum absolute atomic E-state index is 0.0315. The standard InChI is InChI=1S/C23H27N3O3/c1-17(23(28)26-15-22(27)24-20-9-5-6-10-21(20)26)25-13-11-19(12-14-25)29-16-18-7-3-2-4-8-18/h2-10,17,19H,11-16H2,1H3,(H,24,27). The number of benzene rings is 2. The smallest absolute Gasteiger partial charge is 0.244 e. The lowest BCUT2D eigenvalue weighted by molar-refractivity contribution is -0.126. The van der Waals surface area contributed by atoms with Gasteiger partial charge in [0.05, 0.1) is 30.1 Å². The molecule has 0 saturated carbocycles. The molecule has 152 valence electrons. The molecule has 2 heterocycles. The van der Waals surface area contributed by atoms with Crippen LogP contribution in [0.2, 0.25) is 0 Å². The van der Waals surface area contributed by atoms with Crippen LogP contribution in [0.3, 0.4) is 0 Å². The van der Waals surface area contributed by atoms with E-state index < -0.39 is 0 Å². The molecule has 0 aliphatic carbocycles. The normalized spacial score (nSPS) is 18.8. The maximum atomic E-state index is 13.2. The molecule has 4 rings (SSSR count). The third-order valence-corrected chi connectivity index (χ3v) is 5.75. The molecule has 6 nitrogen and oxygen atoms in total. The van der Waals surface area contributed by atoms with E-state index in [0.29, 0.717) is 12.3 Å². The van der Waals surface area contributed by atoms with Gasteiger partial charge < -0.3 is 10.1 Å². The number of likely N-dealkylation sites (tertiary alicyclic amines) is 1. The van der Waals surface area contributed by atoms with Gasteiger partial charge in [-0.25, -0.2) is 0 Å². The molecule has 2 aromatic rings. The summed E-state index contributed by atoms with van der Waals surface area (Å²) < 4.78 is 6.06. The lowest BCUT2D eigenvalue weighted by Gasteiger charge is -2.38. The molecule has 1 saturated heterocycles. The Kier molecular flexibility index (Phi) is 5.92. The maximum absolute atomic E-state index is 13.2. The van der Waals surface area contributed by atoms with E-state index in [1.165, 1.54) is 5.56 Å². The Morgan fingerprint density at radius 2 is 1.79 bits per heavy atom. The molecule has 1 fully saturated rings. The molecule has 0 spiro atoms. The van der Waals surface area contributed by atoms with Gasteiger partial charge in [-0.2, -0.15) is 0 Å². The van der Waals surface area contributed by atoms with Crippen molar-refractivity contribution in [2.45, 2.75) is 38.5 Å². The van der Waals surface area contributed by atoms with E-state index in [1.54, 1.807) is 4.90 Å². The summed E-state index contributed by atoms with van der Waals surface area (Å²) >= 11 is 0. The lowest BCUT2D eigenvalue weighted by atomic mass is 10.0. The molecule has 29 heavy (non-hydrogen) atoms. The Bertz CT molecular complexity index is 863. The van der Waals surface area contributed by atoms with Crippen molar-refractivity contribution in [2.75, 3.05) is 29.9 Å². The van der Waals surface area contributed by atoms with E-state index in [1.807, 2.05) is 49.4 Å². The SMILES string of the molecule is CC(C(=O)N1CC(=O)Nc2ccccc21)N1CCC(OCc2ccccc2)CC1. The van der Waals surface area contributed by atoms with E-state index in [-0.39, 0.29) is 30.5 Å². The second-order valence-corrected chi connectivity index (χ2v) is 7.70. The largest absolute Gasteiger partial charge is 0.373 e. The number of carbonyl (C=O) groups excluding carboxylic acids is 2. The topological polar surface area (TPSA) is 61.9 Å². The predicted octanol–water partition coefficient (Wildman–Crippen LogP) is 3.04. The average Bonchev–Trinajstić information content (AvgIpc) is 2.77. The molecule has 0 radical (unpaired) electrons.